The number of rotatable bonds is 3. The number of hydrogen-bond acceptors (Lipinski definition) is 3. The summed E-state index contributed by atoms with van der Waals surface area (Å²) in [6.45, 7) is 5.02. The lowest BCUT2D eigenvalue weighted by atomic mass is 10.1. The maximum atomic E-state index is 12.4. The Morgan fingerprint density at radius 1 is 1.53 bits per heavy atom. The normalized spacial score (nSPS) is 25.8. The monoisotopic (exact) mass is 276 g/mol. The van der Waals surface area contributed by atoms with Gasteiger partial charge in [-0.2, -0.15) is 11.3 Å². The Labute approximate surface area is 116 Å². The van der Waals surface area contributed by atoms with Crippen molar-refractivity contribution in [2.45, 2.75) is 24.9 Å². The molecule has 0 bridgehead atoms. The van der Waals surface area contributed by atoms with Gasteiger partial charge in [-0.15, -0.1) is 6.58 Å². The minimum Gasteiger partial charge on any atom is -0.334 e. The zero-order chi connectivity index (χ0) is 13.4. The predicted molar refractivity (Wildman–Crippen MR) is 74.1 cm³/mol. The van der Waals surface area contributed by atoms with Crippen molar-refractivity contribution in [1.29, 1.82) is 0 Å². The number of carbonyl (C=O) groups is 2. The molecule has 100 valence electrons. The molecule has 2 aliphatic heterocycles. The fraction of sp³-hybridized carbons (Fsp3) is 0.429. The smallest absolute Gasteiger partial charge is 0.255 e. The van der Waals surface area contributed by atoms with Gasteiger partial charge in [0.05, 0.1) is 17.6 Å². The Kier molecular flexibility index (Phi) is 3.14. The van der Waals surface area contributed by atoms with Gasteiger partial charge in [-0.1, -0.05) is 6.08 Å². The van der Waals surface area contributed by atoms with E-state index in [1.54, 1.807) is 6.08 Å². The van der Waals surface area contributed by atoms with Crippen molar-refractivity contribution in [2.24, 2.45) is 0 Å². The van der Waals surface area contributed by atoms with Crippen molar-refractivity contribution in [3.63, 3.8) is 0 Å². The van der Waals surface area contributed by atoms with E-state index >= 15 is 0 Å². The molecule has 0 saturated carbocycles. The number of amides is 2. The molecule has 2 atom stereocenters. The molecule has 0 aromatic carbocycles. The molecule has 2 amide bonds. The summed E-state index contributed by atoms with van der Waals surface area (Å²) in [5.41, 5.74) is 0.736. The van der Waals surface area contributed by atoms with E-state index in [0.717, 1.165) is 18.5 Å². The second kappa shape index (κ2) is 4.81. The van der Waals surface area contributed by atoms with Crippen LogP contribution in [0.25, 0.3) is 0 Å². The molecule has 4 nitrogen and oxygen atoms in total. The molecule has 19 heavy (non-hydrogen) atoms. The molecule has 3 heterocycles. The van der Waals surface area contributed by atoms with Crippen LogP contribution in [0.1, 0.15) is 23.2 Å². The van der Waals surface area contributed by atoms with Gasteiger partial charge < -0.3 is 9.80 Å². The molecule has 0 unspecified atom stereocenters. The summed E-state index contributed by atoms with van der Waals surface area (Å²) in [7, 11) is 0. The van der Waals surface area contributed by atoms with Crippen LogP contribution in [0.4, 0.5) is 0 Å². The highest BCUT2D eigenvalue weighted by atomic mass is 32.1. The molecule has 0 radical (unpaired) electrons. The maximum Gasteiger partial charge on any atom is 0.255 e. The molecular formula is C14H16N2O2S. The zero-order valence-electron chi connectivity index (χ0n) is 10.6. The third kappa shape index (κ3) is 1.98. The Balaban J connectivity index is 1.79. The van der Waals surface area contributed by atoms with Crippen LogP contribution in [0.15, 0.2) is 29.5 Å². The summed E-state index contributed by atoms with van der Waals surface area (Å²) in [6.07, 6.45) is 3.08. The van der Waals surface area contributed by atoms with Crippen LogP contribution in [0, 0.1) is 0 Å². The lowest BCUT2D eigenvalue weighted by molar-refractivity contribution is -0.128. The molecular weight excluding hydrogens is 260 g/mol. The molecule has 0 aliphatic carbocycles. The maximum absolute atomic E-state index is 12.4. The minimum absolute atomic E-state index is 0.0415. The van der Waals surface area contributed by atoms with Crippen LogP contribution in [-0.4, -0.2) is 46.8 Å². The topological polar surface area (TPSA) is 40.6 Å². The van der Waals surface area contributed by atoms with Gasteiger partial charge in [0, 0.05) is 24.9 Å². The predicted octanol–water partition coefficient (Wildman–Crippen LogP) is 1.75. The first-order chi connectivity index (χ1) is 9.22. The molecule has 0 N–H and O–H groups in total. The molecule has 2 saturated heterocycles. The number of fused-ring (bicyclic) bond motifs is 1. The molecule has 2 fully saturated rings. The van der Waals surface area contributed by atoms with Gasteiger partial charge in [-0.05, 0) is 17.9 Å². The van der Waals surface area contributed by atoms with Gasteiger partial charge in [0.2, 0.25) is 5.91 Å². The van der Waals surface area contributed by atoms with Gasteiger partial charge in [-0.25, -0.2) is 0 Å². The Bertz CT molecular complexity index is 512. The van der Waals surface area contributed by atoms with E-state index in [2.05, 4.69) is 6.58 Å². The average Bonchev–Trinajstić information content (AvgIpc) is 3.08. The highest BCUT2D eigenvalue weighted by molar-refractivity contribution is 7.08. The summed E-state index contributed by atoms with van der Waals surface area (Å²) >= 11 is 1.52. The van der Waals surface area contributed by atoms with Gasteiger partial charge in [0.1, 0.15) is 0 Å². The first kappa shape index (κ1) is 12.4. The molecule has 5 heteroatoms. The summed E-state index contributed by atoms with van der Waals surface area (Å²) in [4.78, 5) is 28.1. The number of thiophene rings is 1. The van der Waals surface area contributed by atoms with Gasteiger partial charge >= 0.3 is 0 Å². The first-order valence-electron chi connectivity index (χ1n) is 6.46. The molecule has 0 spiro atoms. The van der Waals surface area contributed by atoms with Crippen LogP contribution in [0.5, 0.6) is 0 Å². The SMILES string of the molecule is C=CCN1C(=O)C[C@@H]2[C@H]1CCN2C(=O)c1ccsc1. The third-order valence-electron chi connectivity index (χ3n) is 3.97. The quantitative estimate of drug-likeness (QED) is 0.789. The zero-order valence-corrected chi connectivity index (χ0v) is 11.4. The van der Waals surface area contributed by atoms with Crippen molar-refractivity contribution in [3.05, 3.63) is 35.0 Å². The Hall–Kier alpha value is -1.62. The van der Waals surface area contributed by atoms with Gasteiger partial charge in [0.25, 0.3) is 5.91 Å². The first-order valence-corrected chi connectivity index (χ1v) is 7.40. The molecule has 3 rings (SSSR count). The van der Waals surface area contributed by atoms with Crippen LogP contribution in [0.2, 0.25) is 0 Å². The second-order valence-electron chi connectivity index (χ2n) is 4.97. The third-order valence-corrected chi connectivity index (χ3v) is 4.65. The highest BCUT2D eigenvalue weighted by Gasteiger charge is 2.47. The number of likely N-dealkylation sites (tertiary alicyclic amines) is 2. The van der Waals surface area contributed by atoms with Crippen molar-refractivity contribution >= 4 is 23.2 Å². The summed E-state index contributed by atoms with van der Waals surface area (Å²) in [6, 6.07) is 2.06. The van der Waals surface area contributed by atoms with Crippen LogP contribution in [0.3, 0.4) is 0 Å². The summed E-state index contributed by atoms with van der Waals surface area (Å²) in [5.74, 6) is 0.194. The molecule has 2 aliphatic rings. The fourth-order valence-corrected chi connectivity index (χ4v) is 3.74. The van der Waals surface area contributed by atoms with Crippen molar-refractivity contribution < 1.29 is 9.59 Å². The van der Waals surface area contributed by atoms with E-state index in [1.807, 2.05) is 26.6 Å². The van der Waals surface area contributed by atoms with Crippen LogP contribution in [-0.2, 0) is 4.79 Å². The Morgan fingerprint density at radius 3 is 3.05 bits per heavy atom. The number of carbonyl (C=O) groups excluding carboxylic acids is 2. The summed E-state index contributed by atoms with van der Waals surface area (Å²) in [5, 5.41) is 3.78. The van der Waals surface area contributed by atoms with E-state index in [9.17, 15) is 9.59 Å². The highest BCUT2D eigenvalue weighted by Crippen LogP contribution is 2.33. The minimum atomic E-state index is 0.0415. The molecule has 1 aromatic rings. The van der Waals surface area contributed by atoms with E-state index < -0.39 is 0 Å². The van der Waals surface area contributed by atoms with Crippen molar-refractivity contribution in [2.75, 3.05) is 13.1 Å². The lowest BCUT2D eigenvalue weighted by Crippen LogP contribution is -2.39. The van der Waals surface area contributed by atoms with E-state index in [1.165, 1.54) is 11.3 Å². The van der Waals surface area contributed by atoms with E-state index in [4.69, 9.17) is 0 Å². The van der Waals surface area contributed by atoms with Crippen LogP contribution < -0.4 is 0 Å². The largest absolute Gasteiger partial charge is 0.334 e. The van der Waals surface area contributed by atoms with E-state index in [-0.39, 0.29) is 23.9 Å². The van der Waals surface area contributed by atoms with Crippen LogP contribution >= 0.6 is 11.3 Å². The second-order valence-corrected chi connectivity index (χ2v) is 5.75. The summed E-state index contributed by atoms with van der Waals surface area (Å²) < 4.78 is 0. The number of nitrogens with zero attached hydrogens (tertiary/aromatic N) is 2. The van der Waals surface area contributed by atoms with Crippen molar-refractivity contribution in [1.82, 2.24) is 9.80 Å². The molecule has 1 aromatic heterocycles. The average molecular weight is 276 g/mol. The Morgan fingerprint density at radius 2 is 2.37 bits per heavy atom. The standard InChI is InChI=1S/C14H16N2O2S/c1-2-5-15-11-3-6-16(12(11)8-13(15)17)14(18)10-4-7-19-9-10/h2,4,7,9,11-12H,1,3,5-6,8H2/t11-,12-/m1/s1. The van der Waals surface area contributed by atoms with Gasteiger partial charge in [-0.3, -0.25) is 9.59 Å². The van der Waals surface area contributed by atoms with Gasteiger partial charge in [0.15, 0.2) is 0 Å². The lowest BCUT2D eigenvalue weighted by Gasteiger charge is -2.24. The fourth-order valence-electron chi connectivity index (χ4n) is 3.11. The van der Waals surface area contributed by atoms with Crippen molar-refractivity contribution in [3.8, 4) is 0 Å². The number of hydrogen-bond donors (Lipinski definition) is 0. The van der Waals surface area contributed by atoms with E-state index in [0.29, 0.717) is 13.0 Å².